The van der Waals surface area contributed by atoms with Gasteiger partial charge in [0.05, 0.1) is 37.3 Å². The number of phenols is 1. The molecule has 0 spiro atoms. The molecule has 420 valence electrons. The number of hydrogen-bond acceptors (Lipinski definition) is 11. The second-order valence-electron chi connectivity index (χ2n) is 21.8. The number of phenolic OH excluding ortho intramolecular Hbond substituents is 1. The highest BCUT2D eigenvalue weighted by atomic mass is 32.2. The highest BCUT2D eigenvalue weighted by Gasteiger charge is 2.38. The molecule has 1 aromatic heterocycles. The molecule has 0 saturated carbocycles. The predicted molar refractivity (Wildman–Crippen MR) is 317 cm³/mol. The van der Waals surface area contributed by atoms with Gasteiger partial charge in [0.15, 0.2) is 0 Å². The Morgan fingerprint density at radius 1 is 0.850 bits per heavy atom. The maximum Gasteiger partial charge on any atom is 0.255 e. The number of nitrogens with one attached hydrogen (secondary N) is 1. The van der Waals surface area contributed by atoms with E-state index in [0.29, 0.717) is 68.1 Å². The van der Waals surface area contributed by atoms with Gasteiger partial charge in [-0.15, -0.1) is 0 Å². The molecule has 15 heteroatoms. The number of carbonyl (C=O) groups excluding carboxylic acids is 3. The minimum atomic E-state index is 0.0115. The summed E-state index contributed by atoms with van der Waals surface area (Å²) in [6.45, 7) is 17.4. The van der Waals surface area contributed by atoms with Gasteiger partial charge in [0.25, 0.3) is 5.91 Å². The van der Waals surface area contributed by atoms with E-state index in [4.69, 9.17) is 19.5 Å². The first-order chi connectivity index (χ1) is 38.8. The molecular formula is C65H77N7O7S. The Morgan fingerprint density at radius 3 is 2.33 bits per heavy atom. The highest BCUT2D eigenvalue weighted by molar-refractivity contribution is 7.99. The molecule has 5 aromatic carbocycles. The van der Waals surface area contributed by atoms with Crippen LogP contribution in [0, 0.1) is 25.2 Å². The first kappa shape index (κ1) is 57.6. The maximum absolute atomic E-state index is 15.9. The molecule has 2 atom stereocenters. The number of aromatic nitrogens is 1. The van der Waals surface area contributed by atoms with Gasteiger partial charge in [0.1, 0.15) is 29.9 Å². The summed E-state index contributed by atoms with van der Waals surface area (Å²) in [6, 6.07) is 35.6. The molecule has 2 fully saturated rings. The second kappa shape index (κ2) is 26.9. The molecule has 2 N–H and O–H groups in total. The van der Waals surface area contributed by atoms with Gasteiger partial charge < -0.3 is 43.9 Å². The lowest BCUT2D eigenvalue weighted by Gasteiger charge is -2.39. The van der Waals surface area contributed by atoms with Crippen LogP contribution in [0.4, 0.5) is 5.69 Å². The number of fused-ring (bicyclic) bond motifs is 2. The molecule has 2 saturated heterocycles. The van der Waals surface area contributed by atoms with Gasteiger partial charge in [-0.05, 0) is 172 Å². The lowest BCUT2D eigenvalue weighted by atomic mass is 9.90. The molecule has 2 unspecified atom stereocenters. The van der Waals surface area contributed by atoms with Crippen molar-refractivity contribution in [1.29, 1.82) is 5.26 Å². The third-order valence-corrected chi connectivity index (χ3v) is 17.3. The third-order valence-electron chi connectivity index (χ3n) is 16.2. The Labute approximate surface area is 476 Å². The number of likely N-dealkylation sites (tertiary alicyclic amines) is 1. The molecule has 6 aromatic rings. The number of morpholine rings is 1. The van der Waals surface area contributed by atoms with Gasteiger partial charge in [0, 0.05) is 91.9 Å². The number of rotatable bonds is 16. The lowest BCUT2D eigenvalue weighted by Crippen LogP contribution is -2.52. The predicted octanol–water partition coefficient (Wildman–Crippen LogP) is 10.2. The molecule has 4 aliphatic heterocycles. The Hall–Kier alpha value is -7.09. The molecule has 14 nitrogen and oxygen atoms in total. The van der Waals surface area contributed by atoms with Crippen LogP contribution in [-0.2, 0) is 53.7 Å². The van der Waals surface area contributed by atoms with E-state index in [1.165, 1.54) is 36.0 Å². The van der Waals surface area contributed by atoms with Crippen molar-refractivity contribution in [2.45, 2.75) is 96.7 Å². The van der Waals surface area contributed by atoms with Gasteiger partial charge in [-0.1, -0.05) is 48.9 Å². The summed E-state index contributed by atoms with van der Waals surface area (Å²) < 4.78 is 19.2. The fourth-order valence-electron chi connectivity index (χ4n) is 11.6. The minimum absolute atomic E-state index is 0.0115. The molecule has 80 heavy (non-hydrogen) atoms. The fourth-order valence-corrected chi connectivity index (χ4v) is 12.5. The average Bonchev–Trinajstić information content (AvgIpc) is 3.71. The monoisotopic (exact) mass is 1100 g/mol. The normalized spacial score (nSPS) is 17.5. The van der Waals surface area contributed by atoms with Crippen LogP contribution in [0.3, 0.4) is 0 Å². The van der Waals surface area contributed by atoms with E-state index in [-0.39, 0.29) is 35.0 Å². The molecule has 4 aliphatic rings. The number of aromatic hydroxyl groups is 1. The van der Waals surface area contributed by atoms with Crippen LogP contribution in [0.1, 0.15) is 88.1 Å². The second-order valence-corrected chi connectivity index (χ2v) is 22.9. The number of anilines is 1. The topological polar surface area (TPSA) is 153 Å². The maximum atomic E-state index is 15.9. The number of thioether (sulfide) groups is 1. The Morgan fingerprint density at radius 2 is 1.61 bits per heavy atom. The van der Waals surface area contributed by atoms with E-state index in [1.807, 2.05) is 66.9 Å². The lowest BCUT2D eigenvalue weighted by molar-refractivity contribution is -0.131. The number of piperidine rings is 1. The number of hydrogen-bond donors (Lipinski definition) is 2. The van der Waals surface area contributed by atoms with Crippen LogP contribution in [0.2, 0.25) is 0 Å². The summed E-state index contributed by atoms with van der Waals surface area (Å²) in [5.74, 6) is 1.71. The summed E-state index contributed by atoms with van der Waals surface area (Å²) in [6.07, 6.45) is 8.37. The van der Waals surface area contributed by atoms with Crippen molar-refractivity contribution >= 4 is 35.7 Å². The summed E-state index contributed by atoms with van der Waals surface area (Å²) in [5, 5.41) is 21.7. The number of aryl methyl sites for hydroxylation is 1. The van der Waals surface area contributed by atoms with Crippen molar-refractivity contribution in [1.82, 2.24) is 24.2 Å². The zero-order valence-electron chi connectivity index (χ0n) is 47.3. The summed E-state index contributed by atoms with van der Waals surface area (Å²) in [5.41, 5.74) is 13.5. The standard InChI is InChI=1S/C54H65N5O5S.C11H12N2O2/c1-37-28-46(64-27-24-56-22-25-63-26-23-56)17-14-40(37)32-53(61)58-21-18-42-29-48(50-33-47(38(2)55(50)3)39-12-15-45(60)16-13-39)49(30-44(42)34-58)54(62)59-35-43-11-7-6-10-41(43)31-52(65-4)51(59)36-57-19-8-5-9-20-57;1-8(2)15-11-4-3-10(13-7-14)5-9(11)6-12/h6-7,10-17,28-30,33,51-52,60H,5,8-9,18-27,31-32,34-36H2,1-4H3;3-5,7-8H,1-2H3,(H,13,14). The zero-order valence-corrected chi connectivity index (χ0v) is 48.2. The number of ether oxygens (including phenoxy) is 3. The van der Waals surface area contributed by atoms with E-state index < -0.39 is 0 Å². The number of benzene rings is 5. The number of amides is 3. The molecule has 0 aliphatic carbocycles. The molecule has 3 amide bonds. The van der Waals surface area contributed by atoms with Gasteiger partial charge in [-0.3, -0.25) is 19.3 Å². The van der Waals surface area contributed by atoms with Gasteiger partial charge in [-0.25, -0.2) is 0 Å². The van der Waals surface area contributed by atoms with Crippen LogP contribution in [0.5, 0.6) is 17.2 Å². The summed E-state index contributed by atoms with van der Waals surface area (Å²) in [4.78, 5) is 49.4. The molecule has 0 bridgehead atoms. The van der Waals surface area contributed by atoms with E-state index in [9.17, 15) is 14.7 Å². The van der Waals surface area contributed by atoms with E-state index >= 15 is 4.79 Å². The Balaban J connectivity index is 0.000000449. The largest absolute Gasteiger partial charge is 0.508 e. The van der Waals surface area contributed by atoms with Crippen LogP contribution in [-0.4, -0.2) is 137 Å². The van der Waals surface area contributed by atoms with Gasteiger partial charge >= 0.3 is 0 Å². The SMILES string of the molecule is CC(C)Oc1ccc(NC=O)cc1C#N.CSC1Cc2ccccc2CN(C(=O)c2cc3c(cc2-c2cc(-c4ccc(O)cc4)c(C)n2C)CCN(C(=O)Cc2ccc(OCCN4CCOCC4)cc2C)C3)C1CN1CCCCC1. The summed E-state index contributed by atoms with van der Waals surface area (Å²) >= 11 is 1.88. The Bertz CT molecular complexity index is 3180. The Kier molecular flexibility index (Phi) is 19.4. The van der Waals surface area contributed by atoms with Gasteiger partial charge in [-0.2, -0.15) is 17.0 Å². The van der Waals surface area contributed by atoms with Crippen molar-refractivity contribution in [3.05, 3.63) is 153 Å². The van der Waals surface area contributed by atoms with Crippen LogP contribution < -0.4 is 14.8 Å². The minimum Gasteiger partial charge on any atom is -0.508 e. The first-order valence-electron chi connectivity index (χ1n) is 28.3. The highest BCUT2D eigenvalue weighted by Crippen LogP contribution is 2.39. The van der Waals surface area contributed by atoms with Crippen LogP contribution in [0.15, 0.2) is 103 Å². The molecular weight excluding hydrogens is 1020 g/mol. The number of nitrogens with zero attached hydrogens (tertiary/aromatic N) is 6. The van der Waals surface area contributed by atoms with Crippen molar-refractivity contribution in [2.75, 3.05) is 77.2 Å². The van der Waals surface area contributed by atoms with Crippen LogP contribution >= 0.6 is 11.8 Å². The first-order valence-corrected chi connectivity index (χ1v) is 29.6. The zero-order chi connectivity index (χ0) is 56.3. The number of carbonyl (C=O) groups is 3. The van der Waals surface area contributed by atoms with E-state index in [0.717, 1.165) is 109 Å². The van der Waals surface area contributed by atoms with Crippen LogP contribution in [0.25, 0.3) is 22.4 Å². The molecule has 10 rings (SSSR count). The molecule has 5 heterocycles. The number of nitriles is 1. The molecule has 0 radical (unpaired) electrons. The third kappa shape index (κ3) is 13.9. The summed E-state index contributed by atoms with van der Waals surface area (Å²) in [7, 11) is 2.08. The smallest absolute Gasteiger partial charge is 0.255 e. The van der Waals surface area contributed by atoms with Crippen molar-refractivity contribution in [2.24, 2.45) is 7.05 Å². The van der Waals surface area contributed by atoms with E-state index in [1.54, 1.807) is 30.3 Å². The van der Waals surface area contributed by atoms with E-state index in [2.05, 4.69) is 94.2 Å². The quantitative estimate of drug-likeness (QED) is 0.0891. The van der Waals surface area contributed by atoms with Crippen molar-refractivity contribution in [3.63, 3.8) is 0 Å². The van der Waals surface area contributed by atoms with Crippen molar-refractivity contribution < 1.29 is 33.7 Å². The average molecular weight is 1100 g/mol. The van der Waals surface area contributed by atoms with Gasteiger partial charge in [0.2, 0.25) is 12.3 Å². The van der Waals surface area contributed by atoms with Crippen molar-refractivity contribution in [3.8, 4) is 45.7 Å². The fraction of sp³-hybridized carbons (Fsp3) is 0.415.